The third-order valence-corrected chi connectivity index (χ3v) is 3.95. The molecule has 0 aromatic carbocycles. The molecule has 0 amide bonds. The molecule has 78 valence electrons. The largest absolute Gasteiger partial charge is 0.273 e. The summed E-state index contributed by atoms with van der Waals surface area (Å²) in [5.74, 6) is 0. The van der Waals surface area contributed by atoms with Crippen molar-refractivity contribution in [2.45, 2.75) is 19.8 Å². The molecule has 1 aromatic rings. The summed E-state index contributed by atoms with van der Waals surface area (Å²) in [5.41, 5.74) is 1.46. The predicted molar refractivity (Wildman–Crippen MR) is 63.6 cm³/mol. The van der Waals surface area contributed by atoms with Gasteiger partial charge in [-0.3, -0.25) is 4.68 Å². The molecule has 14 heavy (non-hydrogen) atoms. The number of halogens is 1. The van der Waals surface area contributed by atoms with Gasteiger partial charge in [-0.15, -0.1) is 6.58 Å². The molecular weight excluding hydrogens is 240 g/mol. The smallest absolute Gasteiger partial charge is 0.0492 e. The Balaban J connectivity index is 2.56. The highest BCUT2D eigenvalue weighted by Gasteiger charge is 2.18. The Morgan fingerprint density at radius 3 is 2.86 bits per heavy atom. The Morgan fingerprint density at radius 2 is 2.43 bits per heavy atom. The normalized spacial score (nSPS) is 15.1. The maximum absolute atomic E-state index is 4.15. The van der Waals surface area contributed by atoms with Crippen LogP contribution in [-0.4, -0.2) is 15.1 Å². The fourth-order valence-corrected chi connectivity index (χ4v) is 1.79. The summed E-state index contributed by atoms with van der Waals surface area (Å²) in [7, 11) is 1.98. The molecular formula is C11H17BrN2. The minimum Gasteiger partial charge on any atom is -0.273 e. The standard InChI is InChI=1S/C11H17BrN2/c1-4-11(2,9-12)7-5-10-6-8-13-14(10)3/h4,6,8H,1,5,7,9H2,2-3H3. The molecule has 3 heteroatoms. The van der Waals surface area contributed by atoms with Crippen LogP contribution < -0.4 is 0 Å². The van der Waals surface area contributed by atoms with Crippen molar-refractivity contribution in [1.29, 1.82) is 0 Å². The number of alkyl halides is 1. The van der Waals surface area contributed by atoms with Crippen molar-refractivity contribution in [3.8, 4) is 0 Å². The molecule has 1 aromatic heterocycles. The van der Waals surface area contributed by atoms with Gasteiger partial charge in [-0.05, 0) is 24.3 Å². The second-order valence-corrected chi connectivity index (χ2v) is 4.50. The number of aromatic nitrogens is 2. The van der Waals surface area contributed by atoms with Crippen molar-refractivity contribution in [2.75, 3.05) is 5.33 Å². The Bertz CT molecular complexity index is 306. The zero-order chi connectivity index (χ0) is 10.6. The van der Waals surface area contributed by atoms with Gasteiger partial charge in [0.05, 0.1) is 0 Å². The van der Waals surface area contributed by atoms with Crippen LogP contribution in [0.3, 0.4) is 0 Å². The molecule has 1 unspecified atom stereocenters. The first-order chi connectivity index (χ1) is 6.61. The highest BCUT2D eigenvalue weighted by molar-refractivity contribution is 9.09. The van der Waals surface area contributed by atoms with Crippen LogP contribution in [-0.2, 0) is 13.5 Å². The van der Waals surface area contributed by atoms with E-state index in [4.69, 9.17) is 0 Å². The van der Waals surface area contributed by atoms with E-state index in [0.29, 0.717) is 0 Å². The van der Waals surface area contributed by atoms with E-state index in [1.807, 2.05) is 24.0 Å². The second-order valence-electron chi connectivity index (χ2n) is 3.94. The molecule has 1 atom stereocenters. The van der Waals surface area contributed by atoms with Crippen molar-refractivity contribution in [1.82, 2.24) is 9.78 Å². The molecule has 0 saturated heterocycles. The summed E-state index contributed by atoms with van der Waals surface area (Å²) in [4.78, 5) is 0. The summed E-state index contributed by atoms with van der Waals surface area (Å²) < 4.78 is 1.93. The lowest BCUT2D eigenvalue weighted by Crippen LogP contribution is -2.16. The van der Waals surface area contributed by atoms with Crippen molar-refractivity contribution in [3.63, 3.8) is 0 Å². The molecule has 0 aliphatic heterocycles. The highest BCUT2D eigenvalue weighted by atomic mass is 79.9. The Morgan fingerprint density at radius 1 is 1.71 bits per heavy atom. The summed E-state index contributed by atoms with van der Waals surface area (Å²) in [5, 5.41) is 5.11. The van der Waals surface area contributed by atoms with Gasteiger partial charge in [0.25, 0.3) is 0 Å². The first-order valence-electron chi connectivity index (χ1n) is 4.78. The van der Waals surface area contributed by atoms with Crippen molar-refractivity contribution in [2.24, 2.45) is 12.5 Å². The highest BCUT2D eigenvalue weighted by Crippen LogP contribution is 2.26. The van der Waals surface area contributed by atoms with Crippen LogP contribution in [0, 0.1) is 5.41 Å². The van der Waals surface area contributed by atoms with E-state index in [1.165, 1.54) is 5.69 Å². The van der Waals surface area contributed by atoms with Crippen molar-refractivity contribution in [3.05, 3.63) is 30.6 Å². The number of allylic oxidation sites excluding steroid dienone is 1. The minimum absolute atomic E-state index is 0.185. The first-order valence-corrected chi connectivity index (χ1v) is 5.90. The topological polar surface area (TPSA) is 17.8 Å². The fraction of sp³-hybridized carbons (Fsp3) is 0.545. The monoisotopic (exact) mass is 256 g/mol. The fourth-order valence-electron chi connectivity index (χ4n) is 1.28. The van der Waals surface area contributed by atoms with Gasteiger partial charge in [0.1, 0.15) is 0 Å². The minimum atomic E-state index is 0.185. The van der Waals surface area contributed by atoms with E-state index in [9.17, 15) is 0 Å². The van der Waals surface area contributed by atoms with Crippen LogP contribution in [0.4, 0.5) is 0 Å². The van der Waals surface area contributed by atoms with Crippen LogP contribution in [0.5, 0.6) is 0 Å². The number of hydrogen-bond acceptors (Lipinski definition) is 1. The zero-order valence-electron chi connectivity index (χ0n) is 8.83. The van der Waals surface area contributed by atoms with E-state index < -0.39 is 0 Å². The zero-order valence-corrected chi connectivity index (χ0v) is 10.4. The van der Waals surface area contributed by atoms with Crippen LogP contribution in [0.25, 0.3) is 0 Å². The quantitative estimate of drug-likeness (QED) is 0.585. The average molecular weight is 257 g/mol. The SMILES string of the molecule is C=CC(C)(CBr)CCc1ccnn1C. The molecule has 0 N–H and O–H groups in total. The molecule has 0 aliphatic rings. The maximum Gasteiger partial charge on any atom is 0.0492 e. The summed E-state index contributed by atoms with van der Waals surface area (Å²) in [6.07, 6.45) is 6.01. The van der Waals surface area contributed by atoms with Crippen LogP contribution in [0.1, 0.15) is 19.0 Å². The predicted octanol–water partition coefficient (Wildman–Crippen LogP) is 2.94. The van der Waals surface area contributed by atoms with Gasteiger partial charge in [0.2, 0.25) is 0 Å². The number of rotatable bonds is 5. The van der Waals surface area contributed by atoms with E-state index in [1.54, 1.807) is 0 Å². The van der Waals surface area contributed by atoms with Crippen LogP contribution >= 0.6 is 15.9 Å². The number of aryl methyl sites for hydroxylation is 2. The van der Waals surface area contributed by atoms with E-state index >= 15 is 0 Å². The molecule has 0 spiro atoms. The van der Waals surface area contributed by atoms with Gasteiger partial charge in [-0.25, -0.2) is 0 Å². The molecule has 0 radical (unpaired) electrons. The van der Waals surface area contributed by atoms with Crippen molar-refractivity contribution >= 4 is 15.9 Å². The second kappa shape index (κ2) is 4.78. The third kappa shape index (κ3) is 2.71. The van der Waals surface area contributed by atoms with Gasteiger partial charge in [-0.2, -0.15) is 5.10 Å². The first kappa shape index (κ1) is 11.5. The average Bonchev–Trinajstić information content (AvgIpc) is 2.61. The van der Waals surface area contributed by atoms with Gasteiger partial charge in [0.15, 0.2) is 0 Å². The lowest BCUT2D eigenvalue weighted by Gasteiger charge is -2.22. The number of nitrogens with zero attached hydrogens (tertiary/aromatic N) is 2. The summed E-state index contributed by atoms with van der Waals surface area (Å²) in [6.45, 7) is 6.09. The molecule has 0 saturated carbocycles. The Kier molecular flexibility index (Phi) is 3.93. The van der Waals surface area contributed by atoms with Gasteiger partial charge in [-0.1, -0.05) is 28.9 Å². The Labute approximate surface area is 94.1 Å². The van der Waals surface area contributed by atoms with E-state index in [-0.39, 0.29) is 5.41 Å². The summed E-state index contributed by atoms with van der Waals surface area (Å²) >= 11 is 3.52. The lowest BCUT2D eigenvalue weighted by molar-refractivity contribution is 0.444. The summed E-state index contributed by atoms with van der Waals surface area (Å²) in [6, 6.07) is 2.07. The van der Waals surface area contributed by atoms with Crippen LogP contribution in [0.15, 0.2) is 24.9 Å². The van der Waals surface area contributed by atoms with E-state index in [2.05, 4.69) is 40.6 Å². The van der Waals surface area contributed by atoms with Crippen LogP contribution in [0.2, 0.25) is 0 Å². The maximum atomic E-state index is 4.15. The molecule has 1 rings (SSSR count). The lowest BCUT2D eigenvalue weighted by atomic mass is 9.87. The van der Waals surface area contributed by atoms with Gasteiger partial charge >= 0.3 is 0 Å². The number of hydrogen-bond donors (Lipinski definition) is 0. The van der Waals surface area contributed by atoms with Crippen molar-refractivity contribution < 1.29 is 0 Å². The molecule has 1 heterocycles. The third-order valence-electron chi connectivity index (χ3n) is 2.67. The molecule has 0 aliphatic carbocycles. The molecule has 0 bridgehead atoms. The Hall–Kier alpha value is -0.570. The van der Waals surface area contributed by atoms with Gasteiger partial charge < -0.3 is 0 Å². The molecule has 2 nitrogen and oxygen atoms in total. The molecule has 0 fully saturated rings. The van der Waals surface area contributed by atoms with Gasteiger partial charge in [0, 0.05) is 24.3 Å². The van der Waals surface area contributed by atoms with E-state index in [0.717, 1.165) is 18.2 Å².